The molecule has 0 spiro atoms. The zero-order valence-corrected chi connectivity index (χ0v) is 20.0. The molecule has 0 amide bonds. The van der Waals surface area contributed by atoms with Gasteiger partial charge in [0.2, 0.25) is 10.0 Å². The summed E-state index contributed by atoms with van der Waals surface area (Å²) < 4.78 is 54.3. The minimum atomic E-state index is -4.10. The first-order chi connectivity index (χ1) is 16.3. The Morgan fingerprint density at radius 3 is 2.21 bits per heavy atom. The molecule has 0 aromatic heterocycles. The highest BCUT2D eigenvalue weighted by molar-refractivity contribution is 7.92. The van der Waals surface area contributed by atoms with Gasteiger partial charge in [-0.3, -0.25) is 0 Å². The number of nitrogens with one attached hydrogen (secondary N) is 1. The van der Waals surface area contributed by atoms with Gasteiger partial charge in [0.1, 0.15) is 0 Å². The van der Waals surface area contributed by atoms with Gasteiger partial charge >= 0.3 is 0 Å². The van der Waals surface area contributed by atoms with Gasteiger partial charge in [-0.2, -0.15) is 9.57 Å². The lowest BCUT2D eigenvalue weighted by atomic mass is 10.1. The second-order valence-electron chi connectivity index (χ2n) is 8.29. The van der Waals surface area contributed by atoms with E-state index >= 15 is 0 Å². The molecule has 1 aliphatic heterocycles. The first-order valence-electron chi connectivity index (χ1n) is 10.8. The molecule has 176 valence electrons. The molecule has 0 aliphatic carbocycles. The minimum absolute atomic E-state index is 0.0175. The lowest BCUT2D eigenvalue weighted by molar-refractivity contribution is 0.286. The molecule has 0 unspecified atom stereocenters. The molecular formula is C25H25N3O4S2. The van der Waals surface area contributed by atoms with E-state index in [1.165, 1.54) is 28.6 Å². The maximum Gasteiger partial charge on any atom is 0.243 e. The summed E-state index contributed by atoms with van der Waals surface area (Å²) in [4.78, 5) is -0.0337. The molecule has 0 bridgehead atoms. The second-order valence-corrected chi connectivity index (χ2v) is 12.3. The molecule has 1 N–H and O–H groups in total. The average Bonchev–Trinajstić information content (AvgIpc) is 3.16. The van der Waals surface area contributed by atoms with Crippen molar-refractivity contribution in [2.45, 2.75) is 30.1 Å². The zero-order chi connectivity index (χ0) is 24.2. The summed E-state index contributed by atoms with van der Waals surface area (Å²) in [6.45, 7) is 0.435. The molecule has 3 aromatic rings. The summed E-state index contributed by atoms with van der Waals surface area (Å²) in [5.41, 5.74) is 1.94. The molecule has 34 heavy (non-hydrogen) atoms. The zero-order valence-electron chi connectivity index (χ0n) is 18.4. The standard InChI is InChI=1S/C25H25N3O4S2/c26-15-22-12-7-13-23(14-22)34(31,32)28(17-21-10-5-2-6-11-21)25-19-33(29,30)18-24(25)27-16-20-8-3-1-4-9-20/h1-14,24-25,27H,16-19H2/t24-,25+/m0/s1. The predicted molar refractivity (Wildman–Crippen MR) is 130 cm³/mol. The van der Waals surface area contributed by atoms with Crippen LogP contribution >= 0.6 is 0 Å². The van der Waals surface area contributed by atoms with Crippen molar-refractivity contribution >= 4 is 19.9 Å². The number of benzene rings is 3. The number of sulfonamides is 1. The third-order valence-corrected chi connectivity index (χ3v) is 9.44. The fraction of sp³-hybridized carbons (Fsp3) is 0.240. The van der Waals surface area contributed by atoms with Crippen LogP contribution < -0.4 is 5.32 Å². The summed E-state index contributed by atoms with van der Waals surface area (Å²) in [6.07, 6.45) is 0. The molecule has 4 rings (SSSR count). The summed E-state index contributed by atoms with van der Waals surface area (Å²) in [5, 5.41) is 12.5. The van der Waals surface area contributed by atoms with Crippen molar-refractivity contribution in [3.05, 3.63) is 102 Å². The molecule has 1 saturated heterocycles. The Bertz CT molecular complexity index is 1390. The van der Waals surface area contributed by atoms with Crippen LogP contribution in [-0.2, 0) is 33.0 Å². The van der Waals surface area contributed by atoms with E-state index in [9.17, 15) is 22.1 Å². The summed E-state index contributed by atoms with van der Waals surface area (Å²) in [6, 6.07) is 25.0. The van der Waals surface area contributed by atoms with Crippen LogP contribution in [-0.4, -0.2) is 44.7 Å². The van der Waals surface area contributed by atoms with Gasteiger partial charge in [0.05, 0.1) is 34.1 Å². The molecule has 7 nitrogen and oxygen atoms in total. The molecule has 1 heterocycles. The molecule has 2 atom stereocenters. The van der Waals surface area contributed by atoms with E-state index in [-0.39, 0.29) is 28.5 Å². The lowest BCUT2D eigenvalue weighted by Gasteiger charge is -2.32. The van der Waals surface area contributed by atoms with E-state index in [0.717, 1.165) is 11.1 Å². The van der Waals surface area contributed by atoms with Gasteiger partial charge in [-0.25, -0.2) is 16.8 Å². The van der Waals surface area contributed by atoms with Crippen LogP contribution in [0.3, 0.4) is 0 Å². The van der Waals surface area contributed by atoms with E-state index in [2.05, 4.69) is 5.32 Å². The van der Waals surface area contributed by atoms with Crippen LogP contribution in [0.5, 0.6) is 0 Å². The van der Waals surface area contributed by atoms with Gasteiger partial charge in [0.25, 0.3) is 0 Å². The monoisotopic (exact) mass is 495 g/mol. The third kappa shape index (κ3) is 5.54. The Morgan fingerprint density at radius 2 is 1.56 bits per heavy atom. The summed E-state index contributed by atoms with van der Waals surface area (Å²) in [5.74, 6) is -0.424. The molecular weight excluding hydrogens is 470 g/mol. The van der Waals surface area contributed by atoms with Crippen LogP contribution in [0.1, 0.15) is 16.7 Å². The largest absolute Gasteiger partial charge is 0.307 e. The average molecular weight is 496 g/mol. The van der Waals surface area contributed by atoms with E-state index in [4.69, 9.17) is 0 Å². The van der Waals surface area contributed by atoms with Gasteiger partial charge in [0, 0.05) is 19.1 Å². The molecule has 1 aliphatic rings. The quantitative estimate of drug-likeness (QED) is 0.515. The smallest absolute Gasteiger partial charge is 0.243 e. The highest BCUT2D eigenvalue weighted by atomic mass is 32.2. The highest BCUT2D eigenvalue weighted by Crippen LogP contribution is 2.28. The van der Waals surface area contributed by atoms with Gasteiger partial charge in [-0.05, 0) is 29.3 Å². The number of nitrogens with zero attached hydrogens (tertiary/aromatic N) is 2. The highest BCUT2D eigenvalue weighted by Gasteiger charge is 2.45. The van der Waals surface area contributed by atoms with Crippen molar-refractivity contribution < 1.29 is 16.8 Å². The van der Waals surface area contributed by atoms with Crippen LogP contribution in [0.2, 0.25) is 0 Å². The number of hydrogen-bond donors (Lipinski definition) is 1. The molecule has 9 heteroatoms. The Kier molecular flexibility index (Phi) is 7.14. The number of nitriles is 1. The van der Waals surface area contributed by atoms with Crippen molar-refractivity contribution in [1.82, 2.24) is 9.62 Å². The number of hydrogen-bond acceptors (Lipinski definition) is 6. The SMILES string of the molecule is N#Cc1cccc(S(=O)(=O)N(Cc2ccccc2)[C@@H]2CS(=O)(=O)C[C@@H]2NCc2ccccc2)c1. The van der Waals surface area contributed by atoms with Crippen molar-refractivity contribution in [3.63, 3.8) is 0 Å². The summed E-state index contributed by atoms with van der Waals surface area (Å²) in [7, 11) is -7.57. The van der Waals surface area contributed by atoms with Crippen LogP contribution in [0.15, 0.2) is 89.8 Å². The second kappa shape index (κ2) is 10.1. The lowest BCUT2D eigenvalue weighted by Crippen LogP contribution is -2.51. The van der Waals surface area contributed by atoms with Gasteiger partial charge < -0.3 is 5.32 Å². The maximum atomic E-state index is 13.8. The van der Waals surface area contributed by atoms with Crippen molar-refractivity contribution in [2.75, 3.05) is 11.5 Å². The molecule has 1 fully saturated rings. The fourth-order valence-corrected chi connectivity index (χ4v) is 7.90. The summed E-state index contributed by atoms with van der Waals surface area (Å²) >= 11 is 0. The van der Waals surface area contributed by atoms with Crippen LogP contribution in [0.4, 0.5) is 0 Å². The van der Waals surface area contributed by atoms with E-state index in [1.54, 1.807) is 0 Å². The Hall–Kier alpha value is -3.03. The Labute approximate surface area is 200 Å². The van der Waals surface area contributed by atoms with E-state index in [1.807, 2.05) is 66.7 Å². The van der Waals surface area contributed by atoms with Crippen LogP contribution in [0.25, 0.3) is 0 Å². The minimum Gasteiger partial charge on any atom is -0.307 e. The Morgan fingerprint density at radius 1 is 0.912 bits per heavy atom. The first kappa shape index (κ1) is 24.1. The third-order valence-electron chi connectivity index (χ3n) is 5.85. The van der Waals surface area contributed by atoms with Crippen LogP contribution in [0, 0.1) is 11.3 Å². The van der Waals surface area contributed by atoms with Gasteiger partial charge in [0.15, 0.2) is 9.84 Å². The Balaban J connectivity index is 1.72. The molecule has 3 aromatic carbocycles. The molecule has 0 saturated carbocycles. The maximum absolute atomic E-state index is 13.8. The topological polar surface area (TPSA) is 107 Å². The number of rotatable bonds is 8. The van der Waals surface area contributed by atoms with E-state index in [0.29, 0.717) is 6.54 Å². The first-order valence-corrected chi connectivity index (χ1v) is 14.1. The van der Waals surface area contributed by atoms with Crippen molar-refractivity contribution in [2.24, 2.45) is 0 Å². The van der Waals surface area contributed by atoms with Gasteiger partial charge in [-0.15, -0.1) is 0 Å². The van der Waals surface area contributed by atoms with Crippen molar-refractivity contribution in [3.8, 4) is 6.07 Å². The normalized spacial score (nSPS) is 19.6. The van der Waals surface area contributed by atoms with Gasteiger partial charge in [-0.1, -0.05) is 66.7 Å². The number of sulfone groups is 1. The molecule has 0 radical (unpaired) electrons. The van der Waals surface area contributed by atoms with E-state index < -0.39 is 31.9 Å². The predicted octanol–water partition coefficient (Wildman–Crippen LogP) is 2.70. The van der Waals surface area contributed by atoms with Crippen molar-refractivity contribution in [1.29, 1.82) is 5.26 Å². The fourth-order valence-electron chi connectivity index (χ4n) is 4.16.